The molecule has 1 aliphatic carbocycles. The van der Waals surface area contributed by atoms with Crippen molar-refractivity contribution in [1.82, 2.24) is 0 Å². The average Bonchev–Trinajstić information content (AvgIpc) is 2.94. The van der Waals surface area contributed by atoms with Crippen LogP contribution in [0.2, 0.25) is 0 Å². The van der Waals surface area contributed by atoms with Crippen molar-refractivity contribution in [1.29, 1.82) is 0 Å². The second-order valence-corrected chi connectivity index (χ2v) is 7.40. The van der Waals surface area contributed by atoms with Crippen LogP contribution in [-0.2, 0) is 12.8 Å². The Kier molecular flexibility index (Phi) is 7.03. The van der Waals surface area contributed by atoms with Crippen LogP contribution in [0.25, 0.3) is 23.3 Å². The van der Waals surface area contributed by atoms with E-state index in [-0.39, 0.29) is 0 Å². The Morgan fingerprint density at radius 2 is 1.86 bits per heavy atom. The summed E-state index contributed by atoms with van der Waals surface area (Å²) in [5.41, 5.74) is 10.5. The van der Waals surface area contributed by atoms with Crippen LogP contribution in [0.4, 0.5) is 0 Å². The van der Waals surface area contributed by atoms with Gasteiger partial charge in [-0.05, 0) is 65.1 Å². The molecule has 0 aliphatic heterocycles. The molecule has 0 radical (unpaired) electrons. The lowest BCUT2D eigenvalue weighted by molar-refractivity contribution is 1.14. The van der Waals surface area contributed by atoms with Crippen LogP contribution in [0.5, 0.6) is 0 Å². The molecule has 0 saturated carbocycles. The number of allylic oxidation sites excluding steroid dienone is 8. The monoisotopic (exact) mass is 378 g/mol. The zero-order valence-electron chi connectivity index (χ0n) is 17.6. The van der Waals surface area contributed by atoms with Gasteiger partial charge in [-0.25, -0.2) is 0 Å². The molecule has 0 spiro atoms. The lowest BCUT2D eigenvalue weighted by atomic mass is 9.87. The molecule has 2 aromatic carbocycles. The van der Waals surface area contributed by atoms with Crippen LogP contribution in [0.15, 0.2) is 91.6 Å². The summed E-state index contributed by atoms with van der Waals surface area (Å²) < 4.78 is 0. The Bertz CT molecular complexity index is 1020. The van der Waals surface area contributed by atoms with Crippen molar-refractivity contribution in [2.24, 2.45) is 0 Å². The Hall–Kier alpha value is -3.12. The third-order valence-electron chi connectivity index (χ3n) is 5.37. The number of fused-ring (bicyclic) bond motifs is 1. The molecule has 2 aromatic rings. The van der Waals surface area contributed by atoms with E-state index in [0.29, 0.717) is 0 Å². The van der Waals surface area contributed by atoms with Crippen LogP contribution in [-0.4, -0.2) is 0 Å². The first-order valence-corrected chi connectivity index (χ1v) is 10.4. The third kappa shape index (κ3) is 4.84. The summed E-state index contributed by atoms with van der Waals surface area (Å²) in [6, 6.07) is 11.3. The predicted octanol–water partition coefficient (Wildman–Crippen LogP) is 8.05. The van der Waals surface area contributed by atoms with E-state index < -0.39 is 0 Å². The van der Waals surface area contributed by atoms with Gasteiger partial charge in [-0.1, -0.05) is 111 Å². The highest BCUT2D eigenvalue weighted by Gasteiger charge is 2.14. The van der Waals surface area contributed by atoms with Crippen LogP contribution >= 0.6 is 0 Å². The quantitative estimate of drug-likeness (QED) is 0.427. The lowest BCUT2D eigenvalue weighted by Gasteiger charge is -2.17. The van der Waals surface area contributed by atoms with E-state index in [0.717, 1.165) is 19.3 Å². The molecule has 0 unspecified atom stereocenters. The van der Waals surface area contributed by atoms with Gasteiger partial charge >= 0.3 is 0 Å². The molecule has 0 bridgehead atoms. The topological polar surface area (TPSA) is 0 Å². The van der Waals surface area contributed by atoms with E-state index >= 15 is 0 Å². The molecule has 0 amide bonds. The van der Waals surface area contributed by atoms with Gasteiger partial charge in [-0.2, -0.15) is 0 Å². The molecule has 0 atom stereocenters. The maximum absolute atomic E-state index is 4.17. The molecule has 0 N–H and O–H groups in total. The minimum absolute atomic E-state index is 0.906. The SMILES string of the molecule is C=C/C=C\C=C/CC1=Cc2c(ccc(-c3cc(C)ccc3CC)c2C=C)CC=C1. The first-order valence-electron chi connectivity index (χ1n) is 10.4. The maximum atomic E-state index is 4.17. The van der Waals surface area contributed by atoms with Gasteiger partial charge in [0.2, 0.25) is 0 Å². The highest BCUT2D eigenvalue weighted by atomic mass is 14.2. The second-order valence-electron chi connectivity index (χ2n) is 7.40. The van der Waals surface area contributed by atoms with Gasteiger partial charge in [0.1, 0.15) is 0 Å². The largest absolute Gasteiger partial charge is 0.0991 e. The molecule has 29 heavy (non-hydrogen) atoms. The van der Waals surface area contributed by atoms with E-state index in [9.17, 15) is 0 Å². The predicted molar refractivity (Wildman–Crippen MR) is 130 cm³/mol. The van der Waals surface area contributed by atoms with Crippen molar-refractivity contribution in [3.63, 3.8) is 0 Å². The normalized spacial score (nSPS) is 13.4. The number of hydrogen-bond donors (Lipinski definition) is 0. The summed E-state index contributed by atoms with van der Waals surface area (Å²) >= 11 is 0. The van der Waals surface area contributed by atoms with Gasteiger partial charge in [0.05, 0.1) is 0 Å². The van der Waals surface area contributed by atoms with E-state index in [1.54, 1.807) is 6.08 Å². The Labute approximate surface area is 176 Å². The molecule has 0 heteroatoms. The van der Waals surface area contributed by atoms with Crippen molar-refractivity contribution in [2.45, 2.75) is 33.1 Å². The molecule has 146 valence electrons. The van der Waals surface area contributed by atoms with Gasteiger partial charge in [0.15, 0.2) is 0 Å². The molecular formula is C29H30. The Morgan fingerprint density at radius 1 is 1.00 bits per heavy atom. The molecule has 3 rings (SSSR count). The lowest BCUT2D eigenvalue weighted by Crippen LogP contribution is -1.97. The van der Waals surface area contributed by atoms with Gasteiger partial charge in [0.25, 0.3) is 0 Å². The summed E-state index contributed by atoms with van der Waals surface area (Å²) in [6.07, 6.45) is 21.8. The maximum Gasteiger partial charge on any atom is -0.00881 e. The second kappa shape index (κ2) is 9.89. The fourth-order valence-corrected chi connectivity index (χ4v) is 3.86. The fraction of sp³-hybridized carbons (Fsp3) is 0.172. The summed E-state index contributed by atoms with van der Waals surface area (Å²) in [5, 5.41) is 0. The van der Waals surface area contributed by atoms with Crippen molar-refractivity contribution < 1.29 is 0 Å². The summed E-state index contributed by atoms with van der Waals surface area (Å²) in [4.78, 5) is 0. The summed E-state index contributed by atoms with van der Waals surface area (Å²) in [5.74, 6) is 0. The Morgan fingerprint density at radius 3 is 2.62 bits per heavy atom. The van der Waals surface area contributed by atoms with Crippen LogP contribution < -0.4 is 0 Å². The van der Waals surface area contributed by atoms with E-state index in [2.05, 4.69) is 87.7 Å². The van der Waals surface area contributed by atoms with Gasteiger partial charge in [0, 0.05) is 0 Å². The average molecular weight is 379 g/mol. The number of rotatable bonds is 7. The van der Waals surface area contributed by atoms with Crippen LogP contribution in [0.1, 0.15) is 41.2 Å². The van der Waals surface area contributed by atoms with Crippen LogP contribution in [0.3, 0.4) is 0 Å². The minimum Gasteiger partial charge on any atom is -0.0991 e. The first-order chi connectivity index (χ1) is 14.2. The molecule has 0 heterocycles. The molecule has 0 aromatic heterocycles. The minimum atomic E-state index is 0.906. The summed E-state index contributed by atoms with van der Waals surface area (Å²) in [6.45, 7) is 12.3. The van der Waals surface area contributed by atoms with Gasteiger partial charge in [-0.15, -0.1) is 0 Å². The van der Waals surface area contributed by atoms with E-state index in [1.807, 2.05) is 18.2 Å². The van der Waals surface area contributed by atoms with Crippen molar-refractivity contribution in [3.8, 4) is 11.1 Å². The van der Waals surface area contributed by atoms with Crippen molar-refractivity contribution >= 4 is 12.2 Å². The zero-order valence-corrected chi connectivity index (χ0v) is 17.6. The number of hydrogen-bond acceptors (Lipinski definition) is 0. The molecule has 0 nitrogen and oxygen atoms in total. The standard InChI is InChI=1S/C29H30/c1-5-8-9-10-11-13-23-14-12-15-25-18-19-27(26(7-3)29(25)21-23)28-20-22(4)16-17-24(28)6-2/h5,7-12,14,16-21H,1,3,6,13,15H2,2,4H3/b9-8-,11-10-. The van der Waals surface area contributed by atoms with E-state index in [1.165, 1.54) is 44.5 Å². The molecule has 1 aliphatic rings. The highest BCUT2D eigenvalue weighted by Crippen LogP contribution is 2.35. The molecular weight excluding hydrogens is 348 g/mol. The van der Waals surface area contributed by atoms with E-state index in [4.69, 9.17) is 0 Å². The zero-order chi connectivity index (χ0) is 20.6. The first kappa shape index (κ1) is 20.6. The van der Waals surface area contributed by atoms with Crippen molar-refractivity contribution in [2.75, 3.05) is 0 Å². The fourth-order valence-electron chi connectivity index (χ4n) is 3.86. The summed E-state index contributed by atoms with van der Waals surface area (Å²) in [7, 11) is 0. The molecule has 0 fully saturated rings. The van der Waals surface area contributed by atoms with Crippen molar-refractivity contribution in [3.05, 3.63) is 119 Å². The molecule has 0 saturated heterocycles. The Balaban J connectivity index is 2.08. The third-order valence-corrected chi connectivity index (χ3v) is 5.37. The smallest absolute Gasteiger partial charge is 0.00881 e. The highest BCUT2D eigenvalue weighted by molar-refractivity contribution is 5.84. The number of benzene rings is 2. The number of aryl methyl sites for hydroxylation is 2. The van der Waals surface area contributed by atoms with Gasteiger partial charge < -0.3 is 0 Å². The van der Waals surface area contributed by atoms with Crippen LogP contribution in [0, 0.1) is 6.92 Å². The van der Waals surface area contributed by atoms with Gasteiger partial charge in [-0.3, -0.25) is 0 Å².